The van der Waals surface area contributed by atoms with Gasteiger partial charge in [-0.05, 0) is 24.3 Å². The largest absolute Gasteiger partial charge is 0.495 e. The number of anilines is 5. The van der Waals surface area contributed by atoms with Crippen LogP contribution in [0.3, 0.4) is 0 Å². The summed E-state index contributed by atoms with van der Waals surface area (Å²) in [5.74, 6) is 1.53. The van der Waals surface area contributed by atoms with E-state index in [4.69, 9.17) is 32.7 Å². The molecule has 1 aliphatic rings. The van der Waals surface area contributed by atoms with Crippen LogP contribution >= 0.6 is 23.2 Å². The molecule has 2 aromatic carbocycles. The maximum Gasteiger partial charge on any atom is 0.327 e. The molecular weight excluding hydrogens is 505 g/mol. The quantitative estimate of drug-likeness (QED) is 0.405. The number of hydrogen-bond donors (Lipinski definition) is 3. The van der Waals surface area contributed by atoms with Gasteiger partial charge in [-0.15, -0.1) is 0 Å². The minimum atomic E-state index is -0.515. The van der Waals surface area contributed by atoms with E-state index in [1.165, 1.54) is 31.1 Å². The molecule has 36 heavy (non-hydrogen) atoms. The molecule has 1 fully saturated rings. The van der Waals surface area contributed by atoms with Crippen LogP contribution in [0.15, 0.2) is 42.7 Å². The van der Waals surface area contributed by atoms with Crippen LogP contribution in [0.2, 0.25) is 10.0 Å². The molecule has 0 atom stereocenters. The van der Waals surface area contributed by atoms with Gasteiger partial charge in [0.1, 0.15) is 39.5 Å². The SMILES string of the molecule is COc1cc(OC)c(Cl)c(NC(=O)N(C)c2cc(Nc3ccc(N4CCNCC4)cc3)ncn2)c1Cl. The van der Waals surface area contributed by atoms with Gasteiger partial charge < -0.3 is 30.3 Å². The lowest BCUT2D eigenvalue weighted by Crippen LogP contribution is -2.43. The van der Waals surface area contributed by atoms with Crippen molar-refractivity contribution in [2.75, 3.05) is 67.9 Å². The molecule has 190 valence electrons. The molecule has 0 spiro atoms. The van der Waals surface area contributed by atoms with Gasteiger partial charge in [-0.2, -0.15) is 0 Å². The van der Waals surface area contributed by atoms with Gasteiger partial charge in [0.2, 0.25) is 0 Å². The van der Waals surface area contributed by atoms with Crippen molar-refractivity contribution in [1.82, 2.24) is 15.3 Å². The van der Waals surface area contributed by atoms with E-state index < -0.39 is 6.03 Å². The molecule has 0 saturated carbocycles. The minimum Gasteiger partial charge on any atom is -0.495 e. The van der Waals surface area contributed by atoms with Crippen LogP contribution < -0.4 is 35.2 Å². The number of urea groups is 1. The number of halogens is 2. The fraction of sp³-hybridized carbons (Fsp3) is 0.292. The molecule has 0 aliphatic carbocycles. The lowest BCUT2D eigenvalue weighted by atomic mass is 10.2. The fourth-order valence-corrected chi connectivity index (χ4v) is 4.31. The molecule has 0 unspecified atom stereocenters. The van der Waals surface area contributed by atoms with E-state index in [0.717, 1.165) is 31.9 Å². The standard InChI is InChI=1S/C24H27Cl2N7O3/c1-32(24(34)31-23-21(25)17(35-2)12-18(36-3)22(23)26)20-13-19(28-14-29-20)30-15-4-6-16(7-5-15)33-10-8-27-9-11-33/h4-7,12-14,27H,8-11H2,1-3H3,(H,31,34)(H,28,29,30). The van der Waals surface area contributed by atoms with E-state index in [2.05, 4.69) is 43.0 Å². The van der Waals surface area contributed by atoms with Gasteiger partial charge in [0.25, 0.3) is 0 Å². The first-order valence-corrected chi connectivity index (χ1v) is 12.0. The Morgan fingerprint density at radius 3 is 2.28 bits per heavy atom. The van der Waals surface area contributed by atoms with E-state index >= 15 is 0 Å². The Morgan fingerprint density at radius 1 is 1.03 bits per heavy atom. The molecule has 0 radical (unpaired) electrons. The zero-order valence-corrected chi connectivity index (χ0v) is 21.7. The number of aromatic nitrogens is 2. The van der Waals surface area contributed by atoms with Crippen LogP contribution in [0, 0.1) is 0 Å². The number of amides is 2. The van der Waals surface area contributed by atoms with Crippen molar-refractivity contribution >= 4 is 57.9 Å². The molecular formula is C24H27Cl2N7O3. The molecule has 1 aromatic heterocycles. The maximum absolute atomic E-state index is 13.0. The third-order valence-corrected chi connectivity index (χ3v) is 6.48. The second-order valence-electron chi connectivity index (χ2n) is 7.94. The van der Waals surface area contributed by atoms with E-state index in [0.29, 0.717) is 23.1 Å². The second-order valence-corrected chi connectivity index (χ2v) is 8.70. The lowest BCUT2D eigenvalue weighted by Gasteiger charge is -2.29. The molecule has 10 nitrogen and oxygen atoms in total. The number of carbonyl (C=O) groups is 1. The van der Waals surface area contributed by atoms with Crippen molar-refractivity contribution in [2.45, 2.75) is 0 Å². The van der Waals surface area contributed by atoms with E-state index in [9.17, 15) is 4.79 Å². The Bertz CT molecular complexity index is 1190. The predicted octanol–water partition coefficient (Wildman–Crippen LogP) is 4.62. The highest BCUT2D eigenvalue weighted by Crippen LogP contribution is 2.44. The molecule has 0 bridgehead atoms. The average molecular weight is 532 g/mol. The number of hydrogen-bond acceptors (Lipinski definition) is 8. The highest BCUT2D eigenvalue weighted by atomic mass is 35.5. The molecule has 2 heterocycles. The number of rotatable bonds is 7. The Labute approximate surface area is 219 Å². The zero-order chi connectivity index (χ0) is 25.7. The summed E-state index contributed by atoms with van der Waals surface area (Å²) < 4.78 is 10.5. The summed E-state index contributed by atoms with van der Waals surface area (Å²) in [4.78, 5) is 25.1. The summed E-state index contributed by atoms with van der Waals surface area (Å²) in [6, 6.07) is 10.8. The zero-order valence-electron chi connectivity index (χ0n) is 20.1. The van der Waals surface area contributed by atoms with E-state index in [1.54, 1.807) is 19.2 Å². The molecule has 1 saturated heterocycles. The smallest absolute Gasteiger partial charge is 0.327 e. The van der Waals surface area contributed by atoms with Gasteiger partial charge in [0.15, 0.2) is 0 Å². The van der Waals surface area contributed by atoms with Crippen LogP contribution in [-0.4, -0.2) is 63.4 Å². The Hall–Kier alpha value is -3.47. The molecule has 4 rings (SSSR count). The molecule has 12 heteroatoms. The van der Waals surface area contributed by atoms with Crippen LogP contribution in [0.1, 0.15) is 0 Å². The van der Waals surface area contributed by atoms with Gasteiger partial charge >= 0.3 is 6.03 Å². The number of nitrogens with zero attached hydrogens (tertiary/aromatic N) is 4. The van der Waals surface area contributed by atoms with Crippen LogP contribution in [0.25, 0.3) is 0 Å². The topological polar surface area (TPSA) is 104 Å². The maximum atomic E-state index is 13.0. The molecule has 3 N–H and O–H groups in total. The monoisotopic (exact) mass is 531 g/mol. The Kier molecular flexibility index (Phi) is 8.19. The summed E-state index contributed by atoms with van der Waals surface area (Å²) >= 11 is 12.7. The third kappa shape index (κ3) is 5.67. The number of nitrogens with one attached hydrogen (secondary N) is 3. The number of methoxy groups -OCH3 is 2. The van der Waals surface area contributed by atoms with Crippen molar-refractivity contribution < 1.29 is 14.3 Å². The van der Waals surface area contributed by atoms with Gasteiger partial charge in [-0.25, -0.2) is 14.8 Å². The number of benzene rings is 2. The van der Waals surface area contributed by atoms with Crippen molar-refractivity contribution in [3.63, 3.8) is 0 Å². The van der Waals surface area contributed by atoms with Crippen LogP contribution in [0.5, 0.6) is 11.5 Å². The first kappa shape index (κ1) is 25.6. The van der Waals surface area contributed by atoms with Crippen LogP contribution in [-0.2, 0) is 0 Å². The Balaban J connectivity index is 1.47. The van der Waals surface area contributed by atoms with Gasteiger partial charge in [0, 0.05) is 56.7 Å². The van der Waals surface area contributed by atoms with Crippen molar-refractivity contribution in [1.29, 1.82) is 0 Å². The van der Waals surface area contributed by atoms with E-state index in [1.807, 2.05) is 12.1 Å². The molecule has 1 aliphatic heterocycles. The lowest BCUT2D eigenvalue weighted by molar-refractivity contribution is 0.258. The summed E-state index contributed by atoms with van der Waals surface area (Å²) in [6.07, 6.45) is 1.38. The van der Waals surface area contributed by atoms with Gasteiger partial charge in [0.05, 0.1) is 19.9 Å². The Morgan fingerprint density at radius 2 is 1.67 bits per heavy atom. The highest BCUT2D eigenvalue weighted by molar-refractivity contribution is 6.41. The highest BCUT2D eigenvalue weighted by Gasteiger charge is 2.22. The van der Waals surface area contributed by atoms with Crippen molar-refractivity contribution in [3.05, 3.63) is 52.8 Å². The van der Waals surface area contributed by atoms with Crippen molar-refractivity contribution in [3.8, 4) is 11.5 Å². The van der Waals surface area contributed by atoms with Gasteiger partial charge in [-0.1, -0.05) is 23.2 Å². The minimum absolute atomic E-state index is 0.152. The first-order valence-electron chi connectivity index (χ1n) is 11.2. The fourth-order valence-electron chi connectivity index (χ4n) is 3.72. The summed E-state index contributed by atoms with van der Waals surface area (Å²) in [5.41, 5.74) is 2.21. The first-order chi connectivity index (χ1) is 17.4. The van der Waals surface area contributed by atoms with Gasteiger partial charge in [-0.3, -0.25) is 4.90 Å². The summed E-state index contributed by atoms with van der Waals surface area (Å²) in [5, 5.41) is 9.62. The van der Waals surface area contributed by atoms with Crippen LogP contribution in [0.4, 0.5) is 33.5 Å². The third-order valence-electron chi connectivity index (χ3n) is 5.73. The average Bonchev–Trinajstić information content (AvgIpc) is 2.92. The molecule has 3 aromatic rings. The van der Waals surface area contributed by atoms with E-state index in [-0.39, 0.29) is 15.7 Å². The van der Waals surface area contributed by atoms with Crippen molar-refractivity contribution in [2.24, 2.45) is 0 Å². The predicted molar refractivity (Wildman–Crippen MR) is 144 cm³/mol. The number of piperazine rings is 1. The molecule has 2 amide bonds. The number of carbonyl (C=O) groups excluding carboxylic acids is 1. The second kappa shape index (κ2) is 11.5. The summed E-state index contributed by atoms with van der Waals surface area (Å²) in [7, 11) is 4.49. The summed E-state index contributed by atoms with van der Waals surface area (Å²) in [6.45, 7) is 3.92. The normalized spacial score (nSPS) is 13.2. The number of ether oxygens (including phenoxy) is 2.